The number of carbonyl (C=O) groups excluding carboxylic acids is 1. The molecule has 1 radical (unpaired) electrons. The monoisotopic (exact) mass is 146 g/mol. The van der Waals surface area contributed by atoms with Crippen LogP contribution in [0.4, 0.5) is 0 Å². The molecule has 0 atom stereocenters. The van der Waals surface area contributed by atoms with Crippen molar-refractivity contribution >= 4 is 5.91 Å². The van der Waals surface area contributed by atoms with E-state index in [1.807, 2.05) is 18.2 Å². The van der Waals surface area contributed by atoms with Gasteiger partial charge in [-0.1, -0.05) is 12.1 Å². The Hall–Kier alpha value is -1.31. The molecule has 2 heteroatoms. The van der Waals surface area contributed by atoms with Crippen molar-refractivity contribution in [3.8, 4) is 0 Å². The average Bonchev–Trinajstić information content (AvgIpc) is 2.06. The third-order valence-electron chi connectivity index (χ3n) is 1.85. The van der Waals surface area contributed by atoms with Crippen molar-refractivity contribution in [2.24, 2.45) is 0 Å². The summed E-state index contributed by atoms with van der Waals surface area (Å²) in [6.07, 6.45) is 0.905. The highest BCUT2D eigenvalue weighted by molar-refractivity contribution is 5.96. The summed E-state index contributed by atoms with van der Waals surface area (Å²) >= 11 is 0. The van der Waals surface area contributed by atoms with Crippen LogP contribution in [0, 0.1) is 6.07 Å². The molecule has 1 aromatic carbocycles. The third-order valence-corrected chi connectivity index (χ3v) is 1.85. The first-order valence-electron chi connectivity index (χ1n) is 3.66. The molecule has 0 unspecified atom stereocenters. The Morgan fingerprint density at radius 1 is 1.55 bits per heavy atom. The summed E-state index contributed by atoms with van der Waals surface area (Å²) in [5, 5.41) is 2.78. The van der Waals surface area contributed by atoms with Crippen LogP contribution in [0.15, 0.2) is 18.2 Å². The van der Waals surface area contributed by atoms with E-state index in [0.29, 0.717) is 0 Å². The van der Waals surface area contributed by atoms with Gasteiger partial charge < -0.3 is 5.32 Å². The smallest absolute Gasteiger partial charge is 0.251 e. The largest absolute Gasteiger partial charge is 0.352 e. The molecule has 55 valence electrons. The Labute approximate surface area is 65.2 Å². The third kappa shape index (κ3) is 1.00. The van der Waals surface area contributed by atoms with Crippen LogP contribution in [0.2, 0.25) is 0 Å². The van der Waals surface area contributed by atoms with Gasteiger partial charge in [-0.15, -0.1) is 0 Å². The Morgan fingerprint density at radius 2 is 2.45 bits per heavy atom. The molecule has 1 aromatic rings. The fraction of sp³-hybridized carbons (Fsp3) is 0.222. The molecular weight excluding hydrogens is 138 g/mol. The highest BCUT2D eigenvalue weighted by Crippen LogP contribution is 2.11. The van der Waals surface area contributed by atoms with Gasteiger partial charge in [0.1, 0.15) is 0 Å². The molecule has 0 aromatic heterocycles. The van der Waals surface area contributed by atoms with E-state index in [4.69, 9.17) is 0 Å². The van der Waals surface area contributed by atoms with Gasteiger partial charge >= 0.3 is 0 Å². The zero-order valence-electron chi connectivity index (χ0n) is 6.05. The molecule has 0 aliphatic carbocycles. The second-order valence-electron chi connectivity index (χ2n) is 2.57. The van der Waals surface area contributed by atoms with E-state index in [1.54, 1.807) is 0 Å². The van der Waals surface area contributed by atoms with Crippen LogP contribution in [-0.2, 0) is 6.42 Å². The zero-order valence-corrected chi connectivity index (χ0v) is 6.05. The van der Waals surface area contributed by atoms with E-state index in [9.17, 15) is 4.79 Å². The first kappa shape index (κ1) is 6.40. The minimum absolute atomic E-state index is 0.0306. The molecule has 0 spiro atoms. The normalized spacial score (nSPS) is 15.5. The number of rotatable bonds is 0. The molecule has 0 fully saturated rings. The van der Waals surface area contributed by atoms with E-state index in [1.165, 1.54) is 0 Å². The van der Waals surface area contributed by atoms with Crippen LogP contribution in [0.3, 0.4) is 0 Å². The van der Waals surface area contributed by atoms with Crippen LogP contribution in [0.25, 0.3) is 0 Å². The Balaban J connectivity index is 2.52. The average molecular weight is 146 g/mol. The predicted molar refractivity (Wildman–Crippen MR) is 41.3 cm³/mol. The van der Waals surface area contributed by atoms with Crippen LogP contribution >= 0.6 is 0 Å². The summed E-state index contributed by atoms with van der Waals surface area (Å²) in [6, 6.07) is 8.57. The molecule has 0 saturated heterocycles. The second-order valence-corrected chi connectivity index (χ2v) is 2.57. The number of amides is 1. The summed E-state index contributed by atoms with van der Waals surface area (Å²) in [6.45, 7) is 0.742. The number of fused-ring (bicyclic) bond motifs is 1. The van der Waals surface area contributed by atoms with Gasteiger partial charge in [-0.2, -0.15) is 0 Å². The lowest BCUT2D eigenvalue weighted by Gasteiger charge is -2.14. The van der Waals surface area contributed by atoms with E-state index in [0.717, 1.165) is 24.1 Å². The number of nitrogens with one attached hydrogen (secondary N) is 1. The molecular formula is C9H8NO. The van der Waals surface area contributed by atoms with Crippen molar-refractivity contribution in [1.82, 2.24) is 5.32 Å². The summed E-state index contributed by atoms with van der Waals surface area (Å²) < 4.78 is 0. The Kier molecular flexibility index (Phi) is 1.39. The predicted octanol–water partition coefficient (Wildman–Crippen LogP) is 0.773. The van der Waals surface area contributed by atoms with Crippen LogP contribution in [0.5, 0.6) is 0 Å². The van der Waals surface area contributed by atoms with Gasteiger partial charge in [-0.25, -0.2) is 0 Å². The first-order chi connectivity index (χ1) is 5.38. The minimum atomic E-state index is 0.0306. The fourth-order valence-electron chi connectivity index (χ4n) is 1.29. The van der Waals surface area contributed by atoms with Gasteiger partial charge in [0, 0.05) is 12.1 Å². The number of hydrogen-bond donors (Lipinski definition) is 1. The van der Waals surface area contributed by atoms with Crippen LogP contribution in [-0.4, -0.2) is 12.5 Å². The molecule has 1 heterocycles. The number of benzene rings is 1. The molecule has 0 saturated carbocycles. The highest BCUT2D eigenvalue weighted by atomic mass is 16.1. The molecule has 1 amide bonds. The quantitative estimate of drug-likeness (QED) is 0.575. The van der Waals surface area contributed by atoms with E-state index in [-0.39, 0.29) is 5.91 Å². The van der Waals surface area contributed by atoms with E-state index in [2.05, 4.69) is 11.4 Å². The molecule has 11 heavy (non-hydrogen) atoms. The van der Waals surface area contributed by atoms with Gasteiger partial charge in [0.2, 0.25) is 0 Å². The van der Waals surface area contributed by atoms with Gasteiger partial charge in [0.25, 0.3) is 5.91 Å². The number of hydrogen-bond acceptors (Lipinski definition) is 1. The van der Waals surface area contributed by atoms with Gasteiger partial charge in [0.15, 0.2) is 0 Å². The van der Waals surface area contributed by atoms with Gasteiger partial charge in [-0.3, -0.25) is 4.79 Å². The standard InChI is InChI=1S/C9H8NO/c11-9-8-4-2-1-3-7(8)5-6-10-9/h1-2,4H,5-6H2,(H,10,11). The Bertz CT molecular complexity index is 293. The minimum Gasteiger partial charge on any atom is -0.352 e. The first-order valence-corrected chi connectivity index (χ1v) is 3.66. The van der Waals surface area contributed by atoms with Gasteiger partial charge in [-0.05, 0) is 24.1 Å². The molecule has 2 rings (SSSR count). The summed E-state index contributed by atoms with van der Waals surface area (Å²) in [7, 11) is 0. The summed E-state index contributed by atoms with van der Waals surface area (Å²) in [4.78, 5) is 11.2. The topological polar surface area (TPSA) is 29.1 Å². The maximum absolute atomic E-state index is 11.2. The van der Waals surface area contributed by atoms with Crippen molar-refractivity contribution in [1.29, 1.82) is 0 Å². The lowest BCUT2D eigenvalue weighted by molar-refractivity contribution is 0.0946. The molecule has 0 bridgehead atoms. The second kappa shape index (κ2) is 2.38. The molecule has 1 aliphatic heterocycles. The maximum Gasteiger partial charge on any atom is 0.251 e. The van der Waals surface area contributed by atoms with E-state index < -0.39 is 0 Å². The SMILES string of the molecule is O=C1NCCc2[c]cccc21. The van der Waals surface area contributed by atoms with Crippen LogP contribution < -0.4 is 5.32 Å². The molecule has 1 aliphatic rings. The van der Waals surface area contributed by atoms with E-state index >= 15 is 0 Å². The lowest BCUT2D eigenvalue weighted by Crippen LogP contribution is -2.31. The number of carbonyl (C=O) groups is 1. The van der Waals surface area contributed by atoms with Crippen molar-refractivity contribution in [3.05, 3.63) is 35.4 Å². The van der Waals surface area contributed by atoms with Crippen LogP contribution in [0.1, 0.15) is 15.9 Å². The van der Waals surface area contributed by atoms with Crippen molar-refractivity contribution < 1.29 is 4.79 Å². The zero-order chi connectivity index (χ0) is 7.68. The van der Waals surface area contributed by atoms with Crippen molar-refractivity contribution in [2.75, 3.05) is 6.54 Å². The highest BCUT2D eigenvalue weighted by Gasteiger charge is 2.14. The Morgan fingerprint density at radius 3 is 3.27 bits per heavy atom. The molecule has 2 nitrogen and oxygen atoms in total. The van der Waals surface area contributed by atoms with Crippen molar-refractivity contribution in [3.63, 3.8) is 0 Å². The lowest BCUT2D eigenvalue weighted by atomic mass is 10.0. The van der Waals surface area contributed by atoms with Gasteiger partial charge in [0.05, 0.1) is 0 Å². The fourth-order valence-corrected chi connectivity index (χ4v) is 1.29. The molecule has 1 N–H and O–H groups in total. The maximum atomic E-state index is 11.2. The summed E-state index contributed by atoms with van der Waals surface area (Å²) in [5.74, 6) is 0.0306. The summed E-state index contributed by atoms with van der Waals surface area (Å²) in [5.41, 5.74) is 1.81. The van der Waals surface area contributed by atoms with Crippen molar-refractivity contribution in [2.45, 2.75) is 6.42 Å².